The summed E-state index contributed by atoms with van der Waals surface area (Å²) in [5, 5.41) is 31.6. The van der Waals surface area contributed by atoms with Gasteiger partial charge in [-0.1, -0.05) is 50.7 Å². The summed E-state index contributed by atoms with van der Waals surface area (Å²) in [6.07, 6.45) is 11.9. The first-order chi connectivity index (χ1) is 16.8. The maximum absolute atomic E-state index is 12.1. The Bertz CT molecular complexity index is 797. The van der Waals surface area contributed by atoms with Crippen LogP contribution in [0.2, 0.25) is 0 Å². The lowest BCUT2D eigenvalue weighted by atomic mass is 9.91. The van der Waals surface area contributed by atoms with Crippen LogP contribution >= 0.6 is 0 Å². The van der Waals surface area contributed by atoms with E-state index in [2.05, 4.69) is 5.32 Å². The van der Waals surface area contributed by atoms with Crippen molar-refractivity contribution in [3.8, 4) is 0 Å². The van der Waals surface area contributed by atoms with Crippen molar-refractivity contribution in [2.75, 3.05) is 6.54 Å². The molecule has 35 heavy (non-hydrogen) atoms. The van der Waals surface area contributed by atoms with Crippen LogP contribution in [0.3, 0.4) is 0 Å². The van der Waals surface area contributed by atoms with Crippen LogP contribution in [0, 0.1) is 0 Å². The van der Waals surface area contributed by atoms with Gasteiger partial charge in [0.25, 0.3) is 11.8 Å². The molecule has 0 spiro atoms. The average molecular weight is 489 g/mol. The molecule has 194 valence electrons. The van der Waals surface area contributed by atoms with E-state index in [1.54, 1.807) is 24.3 Å². The molecule has 4 rings (SSSR count). The van der Waals surface area contributed by atoms with E-state index in [1.807, 2.05) is 0 Å². The molecular weight excluding hydrogens is 448 g/mol. The van der Waals surface area contributed by atoms with Crippen molar-refractivity contribution in [3.05, 3.63) is 35.4 Å². The Morgan fingerprint density at radius 3 is 1.80 bits per heavy atom. The molecule has 0 aromatic heterocycles. The predicted molar refractivity (Wildman–Crippen MR) is 132 cm³/mol. The number of aliphatic carboxylic acids is 1. The molecule has 4 N–H and O–H groups in total. The van der Waals surface area contributed by atoms with Crippen LogP contribution in [-0.2, 0) is 4.79 Å². The number of carbonyl (C=O) groups is 3. The van der Waals surface area contributed by atoms with Gasteiger partial charge in [0.2, 0.25) is 0 Å². The first kappa shape index (κ1) is 27.3. The smallest absolute Gasteiger partial charge is 0.305 e. The predicted octanol–water partition coefficient (Wildman–Crippen LogP) is 3.50. The van der Waals surface area contributed by atoms with Crippen LogP contribution < -0.4 is 5.32 Å². The maximum Gasteiger partial charge on any atom is 0.305 e. The Morgan fingerprint density at radius 2 is 1.34 bits per heavy atom. The van der Waals surface area contributed by atoms with Crippen LogP contribution in [0.5, 0.6) is 0 Å². The monoisotopic (exact) mass is 488 g/mol. The third kappa shape index (κ3) is 8.40. The zero-order valence-electron chi connectivity index (χ0n) is 20.5. The number of hydrogen-bond acceptors (Lipinski definition) is 6. The molecule has 0 radical (unpaired) electrons. The van der Waals surface area contributed by atoms with E-state index in [0.29, 0.717) is 11.1 Å². The fourth-order valence-electron chi connectivity index (χ4n) is 5.31. The molecular formula is C27H40N2O6. The number of imide groups is 1. The molecule has 2 atom stereocenters. The van der Waals surface area contributed by atoms with E-state index < -0.39 is 36.4 Å². The summed E-state index contributed by atoms with van der Waals surface area (Å²) in [7, 11) is 0. The Balaban J connectivity index is 0.000000223. The van der Waals surface area contributed by atoms with Crippen molar-refractivity contribution >= 4 is 17.8 Å². The lowest BCUT2D eigenvalue weighted by Gasteiger charge is -2.30. The molecule has 2 aliphatic carbocycles. The highest BCUT2D eigenvalue weighted by atomic mass is 16.4. The Labute approximate surface area is 207 Å². The molecule has 1 heterocycles. The molecule has 2 fully saturated rings. The number of carboxylic acid groups (broad SMARTS) is 1. The normalized spacial score (nSPS) is 20.7. The highest BCUT2D eigenvalue weighted by molar-refractivity contribution is 6.21. The zero-order chi connectivity index (χ0) is 25.2. The van der Waals surface area contributed by atoms with Crippen LogP contribution in [0.1, 0.15) is 104 Å². The molecule has 1 aromatic carbocycles. The summed E-state index contributed by atoms with van der Waals surface area (Å²) >= 11 is 0. The third-order valence-electron chi connectivity index (χ3n) is 7.20. The van der Waals surface area contributed by atoms with Gasteiger partial charge in [0.15, 0.2) is 0 Å². The second-order valence-corrected chi connectivity index (χ2v) is 10.1. The van der Waals surface area contributed by atoms with Gasteiger partial charge in [-0.3, -0.25) is 19.3 Å². The first-order valence-electron chi connectivity index (χ1n) is 13.1. The highest BCUT2D eigenvalue weighted by Crippen LogP contribution is 2.24. The van der Waals surface area contributed by atoms with Crippen LogP contribution in [0.25, 0.3) is 0 Å². The number of fused-ring (bicyclic) bond motifs is 1. The lowest BCUT2D eigenvalue weighted by Crippen LogP contribution is -2.40. The molecule has 2 saturated carbocycles. The van der Waals surface area contributed by atoms with Crippen molar-refractivity contribution in [3.63, 3.8) is 0 Å². The topological polar surface area (TPSA) is 127 Å². The van der Waals surface area contributed by atoms with Gasteiger partial charge >= 0.3 is 5.97 Å². The molecule has 1 aliphatic heterocycles. The fourth-order valence-corrected chi connectivity index (χ4v) is 5.31. The maximum atomic E-state index is 12.1. The molecule has 8 nitrogen and oxygen atoms in total. The van der Waals surface area contributed by atoms with Gasteiger partial charge in [-0.05, 0) is 50.7 Å². The van der Waals surface area contributed by atoms with Crippen molar-refractivity contribution in [1.29, 1.82) is 0 Å². The second-order valence-electron chi connectivity index (χ2n) is 10.1. The largest absolute Gasteiger partial charge is 0.481 e. The standard InChI is InChI=1S/C15H17NO6.C12H23N/c17-9(7-10(18)8-13(19)20)5-6-16-14(21)11-3-1-2-4-12(11)15(16)22;1-3-7-11(8-4-1)13-12-9-5-2-6-10-12/h1-4,9-10,17-18H,5-8H2,(H,19,20);11-13H,1-10H2/t9-,10-;/m1./s1. The van der Waals surface area contributed by atoms with Gasteiger partial charge in [-0.2, -0.15) is 0 Å². The second kappa shape index (κ2) is 13.7. The van der Waals surface area contributed by atoms with Crippen molar-refractivity contribution in [2.24, 2.45) is 0 Å². The molecule has 8 heteroatoms. The van der Waals surface area contributed by atoms with E-state index in [9.17, 15) is 24.6 Å². The summed E-state index contributed by atoms with van der Waals surface area (Å²) in [5.41, 5.74) is 0.681. The number of aliphatic hydroxyl groups excluding tert-OH is 2. The van der Waals surface area contributed by atoms with Crippen LogP contribution in [0.4, 0.5) is 0 Å². The fraction of sp³-hybridized carbons (Fsp3) is 0.667. The number of carbonyl (C=O) groups excluding carboxylic acids is 2. The van der Waals surface area contributed by atoms with Gasteiger partial charge < -0.3 is 20.6 Å². The number of amides is 2. The van der Waals surface area contributed by atoms with Gasteiger partial charge in [0, 0.05) is 18.6 Å². The van der Waals surface area contributed by atoms with E-state index in [-0.39, 0.29) is 19.4 Å². The minimum absolute atomic E-state index is 0.0211. The SMILES string of the molecule is C1CCC(NC2CCCCC2)CC1.O=C(O)C[C@H](O)C[C@H](O)CCN1C(=O)c2ccccc2C1=O. The third-order valence-corrected chi connectivity index (χ3v) is 7.20. The van der Waals surface area contributed by atoms with Crippen molar-refractivity contribution in [1.82, 2.24) is 10.2 Å². The number of hydrogen-bond donors (Lipinski definition) is 4. The Kier molecular flexibility index (Phi) is 10.7. The molecule has 1 aromatic rings. The average Bonchev–Trinajstić information content (AvgIpc) is 3.08. The number of aliphatic hydroxyl groups is 2. The number of carboxylic acids is 1. The van der Waals surface area contributed by atoms with Gasteiger partial charge in [-0.25, -0.2) is 0 Å². The van der Waals surface area contributed by atoms with E-state index >= 15 is 0 Å². The van der Waals surface area contributed by atoms with Crippen LogP contribution in [0.15, 0.2) is 24.3 Å². The van der Waals surface area contributed by atoms with Gasteiger partial charge in [0.05, 0.1) is 29.8 Å². The van der Waals surface area contributed by atoms with E-state index in [4.69, 9.17) is 5.11 Å². The Morgan fingerprint density at radius 1 is 0.857 bits per heavy atom. The molecule has 0 saturated heterocycles. The van der Waals surface area contributed by atoms with Crippen molar-refractivity contribution in [2.45, 2.75) is 108 Å². The summed E-state index contributed by atoms with van der Waals surface area (Å²) in [6, 6.07) is 8.23. The van der Waals surface area contributed by atoms with Crippen LogP contribution in [-0.4, -0.2) is 68.8 Å². The van der Waals surface area contributed by atoms with Gasteiger partial charge in [-0.15, -0.1) is 0 Å². The number of nitrogens with zero attached hydrogens (tertiary/aromatic N) is 1. The summed E-state index contributed by atoms with van der Waals surface area (Å²) in [5.74, 6) is -1.96. The summed E-state index contributed by atoms with van der Waals surface area (Å²) in [6.45, 7) is 0.0211. The minimum atomic E-state index is -1.16. The minimum Gasteiger partial charge on any atom is -0.481 e. The Hall–Kier alpha value is -2.29. The zero-order valence-corrected chi connectivity index (χ0v) is 20.5. The molecule has 0 unspecified atom stereocenters. The summed E-state index contributed by atoms with van der Waals surface area (Å²) in [4.78, 5) is 35.7. The first-order valence-corrected chi connectivity index (χ1v) is 13.1. The molecule has 2 amide bonds. The summed E-state index contributed by atoms with van der Waals surface area (Å²) < 4.78 is 0. The van der Waals surface area contributed by atoms with E-state index in [1.165, 1.54) is 64.2 Å². The highest BCUT2D eigenvalue weighted by Gasteiger charge is 2.35. The number of nitrogens with one attached hydrogen (secondary N) is 1. The van der Waals surface area contributed by atoms with Crippen molar-refractivity contribution < 1.29 is 29.7 Å². The lowest BCUT2D eigenvalue weighted by molar-refractivity contribution is -0.139. The number of benzene rings is 1. The van der Waals surface area contributed by atoms with E-state index in [0.717, 1.165) is 17.0 Å². The number of rotatable bonds is 9. The van der Waals surface area contributed by atoms with Gasteiger partial charge in [0.1, 0.15) is 0 Å². The molecule has 0 bridgehead atoms. The molecule has 3 aliphatic rings. The quantitative estimate of drug-likeness (QED) is 0.392.